The van der Waals surface area contributed by atoms with Gasteiger partial charge in [0.05, 0.1) is 0 Å². The van der Waals surface area contributed by atoms with E-state index < -0.39 is 16.0 Å². The summed E-state index contributed by atoms with van der Waals surface area (Å²) in [6.45, 7) is 3.86. The molecule has 1 aromatic heterocycles. The first-order valence-corrected chi connectivity index (χ1v) is 8.34. The van der Waals surface area contributed by atoms with Crippen molar-refractivity contribution in [3.8, 4) is 0 Å². The number of carboxylic acids is 1. The lowest BCUT2D eigenvalue weighted by Crippen LogP contribution is -2.38. The molecule has 0 aliphatic heterocycles. The molecule has 6 nitrogen and oxygen atoms in total. The van der Waals surface area contributed by atoms with E-state index in [1.165, 1.54) is 28.2 Å². The van der Waals surface area contributed by atoms with Gasteiger partial charge in [0.1, 0.15) is 10.6 Å². The lowest BCUT2D eigenvalue weighted by atomic mass is 10.2. The van der Waals surface area contributed by atoms with Crippen LogP contribution in [-0.4, -0.2) is 41.0 Å². The molecule has 21 heavy (non-hydrogen) atoms. The number of sulfonamides is 1. The van der Waals surface area contributed by atoms with E-state index in [9.17, 15) is 13.2 Å². The second-order valence-corrected chi connectivity index (χ2v) is 7.17. The second kappa shape index (κ2) is 6.03. The number of rotatable bonds is 6. The average Bonchev–Trinajstić information content (AvgIpc) is 3.04. The van der Waals surface area contributed by atoms with Crippen LogP contribution < -0.4 is 0 Å². The SMILES string of the molecule is C=CCN(C1CCCC1)S(=O)(=O)c1cc(C(=O)O)n(C)c1. The highest BCUT2D eigenvalue weighted by Crippen LogP contribution is 2.29. The fraction of sp³-hybridized carbons (Fsp3) is 0.500. The van der Waals surface area contributed by atoms with Crippen LogP contribution in [0.1, 0.15) is 36.2 Å². The molecule has 0 aromatic carbocycles. The van der Waals surface area contributed by atoms with E-state index in [1.54, 1.807) is 6.08 Å². The van der Waals surface area contributed by atoms with Gasteiger partial charge < -0.3 is 9.67 Å². The van der Waals surface area contributed by atoms with E-state index in [0.29, 0.717) is 0 Å². The lowest BCUT2D eigenvalue weighted by Gasteiger charge is -2.26. The molecule has 1 aromatic rings. The Morgan fingerprint density at radius 3 is 2.62 bits per heavy atom. The van der Waals surface area contributed by atoms with E-state index in [1.807, 2.05) is 0 Å². The summed E-state index contributed by atoms with van der Waals surface area (Å²) < 4.78 is 28.3. The summed E-state index contributed by atoms with van der Waals surface area (Å²) >= 11 is 0. The highest BCUT2D eigenvalue weighted by Gasteiger charge is 2.33. The van der Waals surface area contributed by atoms with Crippen LogP contribution in [0, 0.1) is 0 Å². The zero-order chi connectivity index (χ0) is 15.6. The van der Waals surface area contributed by atoms with E-state index in [2.05, 4.69) is 6.58 Å². The highest BCUT2D eigenvalue weighted by atomic mass is 32.2. The van der Waals surface area contributed by atoms with Gasteiger partial charge >= 0.3 is 5.97 Å². The van der Waals surface area contributed by atoms with E-state index >= 15 is 0 Å². The summed E-state index contributed by atoms with van der Waals surface area (Å²) in [6, 6.07) is 1.18. The predicted molar refractivity (Wildman–Crippen MR) is 78.7 cm³/mol. The highest BCUT2D eigenvalue weighted by molar-refractivity contribution is 7.89. The lowest BCUT2D eigenvalue weighted by molar-refractivity contribution is 0.0686. The van der Waals surface area contributed by atoms with Crippen molar-refractivity contribution in [3.05, 3.63) is 30.6 Å². The van der Waals surface area contributed by atoms with Gasteiger partial charge in [-0.3, -0.25) is 0 Å². The first-order chi connectivity index (χ1) is 9.87. The topological polar surface area (TPSA) is 79.6 Å². The van der Waals surface area contributed by atoms with Gasteiger partial charge in [-0.05, 0) is 18.9 Å². The first kappa shape index (κ1) is 15.8. The minimum atomic E-state index is -3.70. The van der Waals surface area contributed by atoms with E-state index in [4.69, 9.17) is 5.11 Å². The molecule has 1 aliphatic rings. The van der Waals surface area contributed by atoms with Gasteiger partial charge in [-0.15, -0.1) is 6.58 Å². The molecular formula is C14H20N2O4S. The van der Waals surface area contributed by atoms with Crippen molar-refractivity contribution in [2.24, 2.45) is 7.05 Å². The Morgan fingerprint density at radius 2 is 2.14 bits per heavy atom. The maximum absolute atomic E-state index is 12.8. The summed E-state index contributed by atoms with van der Waals surface area (Å²) in [6.07, 6.45) is 6.63. The third-order valence-electron chi connectivity index (χ3n) is 3.85. The molecule has 0 radical (unpaired) electrons. The Kier molecular flexibility index (Phi) is 4.53. The Morgan fingerprint density at radius 1 is 1.52 bits per heavy atom. The molecule has 0 spiro atoms. The molecule has 1 N–H and O–H groups in total. The second-order valence-electron chi connectivity index (χ2n) is 5.28. The molecule has 1 aliphatic carbocycles. The maximum atomic E-state index is 12.8. The average molecular weight is 312 g/mol. The number of nitrogens with zero attached hydrogens (tertiary/aromatic N) is 2. The van der Waals surface area contributed by atoms with Crippen LogP contribution in [0.4, 0.5) is 0 Å². The van der Waals surface area contributed by atoms with Crippen LogP contribution in [-0.2, 0) is 17.1 Å². The van der Waals surface area contributed by atoms with Crippen LogP contribution in [0.25, 0.3) is 0 Å². The number of hydrogen-bond acceptors (Lipinski definition) is 3. The van der Waals surface area contributed by atoms with Gasteiger partial charge in [0.15, 0.2) is 0 Å². The monoisotopic (exact) mass is 312 g/mol. The molecule has 0 atom stereocenters. The van der Waals surface area contributed by atoms with Gasteiger partial charge in [-0.25, -0.2) is 13.2 Å². The maximum Gasteiger partial charge on any atom is 0.352 e. The molecule has 0 bridgehead atoms. The van der Waals surface area contributed by atoms with Crippen molar-refractivity contribution in [1.82, 2.24) is 8.87 Å². The summed E-state index contributed by atoms with van der Waals surface area (Å²) in [5.74, 6) is -1.14. The fourth-order valence-corrected chi connectivity index (χ4v) is 4.51. The van der Waals surface area contributed by atoms with Crippen molar-refractivity contribution in [3.63, 3.8) is 0 Å². The molecule has 0 amide bonds. The number of carboxylic acid groups (broad SMARTS) is 1. The van der Waals surface area contributed by atoms with Crippen molar-refractivity contribution < 1.29 is 18.3 Å². The van der Waals surface area contributed by atoms with E-state index in [-0.39, 0.29) is 23.2 Å². The molecule has 1 saturated carbocycles. The Hall–Kier alpha value is -1.60. The zero-order valence-corrected chi connectivity index (χ0v) is 12.8. The van der Waals surface area contributed by atoms with Gasteiger partial charge in [0.2, 0.25) is 10.0 Å². The third-order valence-corrected chi connectivity index (χ3v) is 5.73. The molecule has 0 saturated heterocycles. The molecule has 2 rings (SSSR count). The largest absolute Gasteiger partial charge is 0.477 e. The third kappa shape index (κ3) is 3.03. The van der Waals surface area contributed by atoms with Crippen molar-refractivity contribution >= 4 is 16.0 Å². The minimum Gasteiger partial charge on any atom is -0.477 e. The van der Waals surface area contributed by atoms with Gasteiger partial charge in [-0.1, -0.05) is 18.9 Å². The van der Waals surface area contributed by atoms with Crippen molar-refractivity contribution in [2.75, 3.05) is 6.54 Å². The molecule has 1 fully saturated rings. The molecule has 0 unspecified atom stereocenters. The Bertz CT molecular complexity index is 642. The number of carbonyl (C=O) groups is 1. The normalized spacial score (nSPS) is 16.5. The predicted octanol–water partition coefficient (Wildman–Crippen LogP) is 1.84. The smallest absolute Gasteiger partial charge is 0.352 e. The van der Waals surface area contributed by atoms with E-state index in [0.717, 1.165) is 25.7 Å². The molecule has 7 heteroatoms. The number of aromatic nitrogens is 1. The van der Waals surface area contributed by atoms with Crippen molar-refractivity contribution in [2.45, 2.75) is 36.6 Å². The standard InChI is InChI=1S/C14H20N2O4S/c1-3-8-16(11-6-4-5-7-11)21(19,20)12-9-13(14(17)18)15(2)10-12/h3,9-11H,1,4-8H2,2H3,(H,17,18). The minimum absolute atomic E-state index is 0.0242. The molecular weight excluding hydrogens is 292 g/mol. The summed E-state index contributed by atoms with van der Waals surface area (Å²) in [4.78, 5) is 11.1. The number of hydrogen-bond donors (Lipinski definition) is 1. The molecule has 116 valence electrons. The van der Waals surface area contributed by atoms with Crippen LogP contribution >= 0.6 is 0 Å². The Balaban J connectivity index is 2.40. The summed E-state index contributed by atoms with van der Waals surface area (Å²) in [5.41, 5.74) is -0.0430. The van der Waals surface area contributed by atoms with Gasteiger partial charge in [0.25, 0.3) is 0 Å². The quantitative estimate of drug-likeness (QED) is 0.813. The fourth-order valence-electron chi connectivity index (χ4n) is 2.79. The number of aromatic carboxylic acids is 1. The van der Waals surface area contributed by atoms with Crippen molar-refractivity contribution in [1.29, 1.82) is 0 Å². The summed E-state index contributed by atoms with van der Waals surface area (Å²) in [5, 5.41) is 9.05. The van der Waals surface area contributed by atoms with Gasteiger partial charge in [0, 0.05) is 25.8 Å². The number of aryl methyl sites for hydroxylation is 1. The van der Waals surface area contributed by atoms with Crippen LogP contribution in [0.3, 0.4) is 0 Å². The first-order valence-electron chi connectivity index (χ1n) is 6.90. The van der Waals surface area contributed by atoms with Crippen LogP contribution in [0.15, 0.2) is 29.8 Å². The zero-order valence-electron chi connectivity index (χ0n) is 12.0. The van der Waals surface area contributed by atoms with Crippen LogP contribution in [0.5, 0.6) is 0 Å². The van der Waals surface area contributed by atoms with Crippen LogP contribution in [0.2, 0.25) is 0 Å². The Labute approximate surface area is 124 Å². The van der Waals surface area contributed by atoms with Gasteiger partial charge in [-0.2, -0.15) is 4.31 Å². The molecule has 1 heterocycles. The summed E-state index contributed by atoms with van der Waals surface area (Å²) in [7, 11) is -2.18.